The van der Waals surface area contributed by atoms with Crippen LogP contribution >= 0.6 is 0 Å². The van der Waals surface area contributed by atoms with E-state index in [1.165, 1.54) is 0 Å². The number of aryl methyl sites for hydroxylation is 2. The van der Waals surface area contributed by atoms with Gasteiger partial charge in [-0.05, 0) is 42.7 Å². The third-order valence-corrected chi connectivity index (χ3v) is 3.12. The molecule has 0 spiro atoms. The molecule has 1 heterocycles. The van der Waals surface area contributed by atoms with Crippen LogP contribution in [0.3, 0.4) is 0 Å². The molecule has 0 aliphatic rings. The fraction of sp³-hybridized carbons (Fsp3) is 0.267. The summed E-state index contributed by atoms with van der Waals surface area (Å²) in [7, 11) is 1.65. The lowest BCUT2D eigenvalue weighted by molar-refractivity contribution is 0.413. The first-order valence-electron chi connectivity index (χ1n) is 6.19. The number of nitrogens with one attached hydrogen (secondary N) is 1. The number of benzene rings is 1. The quantitative estimate of drug-likeness (QED) is 0.651. The minimum absolute atomic E-state index is 0.143. The zero-order chi connectivity index (χ0) is 13.8. The third kappa shape index (κ3) is 2.92. The van der Waals surface area contributed by atoms with Gasteiger partial charge in [-0.1, -0.05) is 18.2 Å². The summed E-state index contributed by atoms with van der Waals surface area (Å²) in [4.78, 5) is 4.50. The van der Waals surface area contributed by atoms with Crippen molar-refractivity contribution in [3.05, 3.63) is 58.9 Å². The zero-order valence-electron chi connectivity index (χ0n) is 11.5. The smallest absolute Gasteiger partial charge is 0.119 e. The lowest BCUT2D eigenvalue weighted by Gasteiger charge is -2.18. The minimum Gasteiger partial charge on any atom is -0.497 e. The number of methoxy groups -OCH3 is 1. The van der Waals surface area contributed by atoms with Crippen molar-refractivity contribution in [1.82, 2.24) is 10.4 Å². The number of hydrogen-bond donors (Lipinski definition) is 2. The molecule has 0 amide bonds. The van der Waals surface area contributed by atoms with Gasteiger partial charge in [0.25, 0.3) is 0 Å². The average Bonchev–Trinajstić information content (AvgIpc) is 2.42. The second-order valence-corrected chi connectivity index (χ2v) is 4.59. The normalized spacial score (nSPS) is 12.2. The van der Waals surface area contributed by atoms with Crippen LogP contribution in [0, 0.1) is 13.8 Å². The molecule has 0 aliphatic heterocycles. The van der Waals surface area contributed by atoms with Crippen molar-refractivity contribution in [3.63, 3.8) is 0 Å². The number of ether oxygens (including phenoxy) is 1. The number of nitrogens with two attached hydrogens (primary N) is 1. The Labute approximate surface area is 113 Å². The van der Waals surface area contributed by atoms with Crippen LogP contribution in [0.25, 0.3) is 0 Å². The molecule has 4 nitrogen and oxygen atoms in total. The molecule has 100 valence electrons. The second-order valence-electron chi connectivity index (χ2n) is 4.59. The number of hydrogen-bond acceptors (Lipinski definition) is 4. The van der Waals surface area contributed by atoms with E-state index in [2.05, 4.69) is 16.5 Å². The topological polar surface area (TPSA) is 60.2 Å². The predicted octanol–water partition coefficient (Wildman–Crippen LogP) is 2.26. The van der Waals surface area contributed by atoms with Crippen LogP contribution in [-0.2, 0) is 0 Å². The maximum absolute atomic E-state index is 5.70. The van der Waals surface area contributed by atoms with E-state index in [0.717, 1.165) is 28.1 Å². The molecule has 2 aromatic rings. The molecule has 1 aromatic heterocycles. The van der Waals surface area contributed by atoms with Crippen molar-refractivity contribution < 1.29 is 4.74 Å². The van der Waals surface area contributed by atoms with E-state index in [-0.39, 0.29) is 6.04 Å². The Balaban J connectivity index is 2.43. The largest absolute Gasteiger partial charge is 0.497 e. The molecule has 4 heteroatoms. The average molecular weight is 257 g/mol. The van der Waals surface area contributed by atoms with Gasteiger partial charge in [0.1, 0.15) is 5.75 Å². The van der Waals surface area contributed by atoms with Gasteiger partial charge >= 0.3 is 0 Å². The number of nitrogens with zero attached hydrogens (tertiary/aromatic N) is 1. The van der Waals surface area contributed by atoms with E-state index in [4.69, 9.17) is 10.6 Å². The van der Waals surface area contributed by atoms with Crippen LogP contribution in [0.4, 0.5) is 0 Å². The molecular formula is C15H19N3O. The van der Waals surface area contributed by atoms with Crippen molar-refractivity contribution in [2.45, 2.75) is 19.9 Å². The van der Waals surface area contributed by atoms with Gasteiger partial charge in [0.05, 0.1) is 18.8 Å². The molecule has 19 heavy (non-hydrogen) atoms. The maximum Gasteiger partial charge on any atom is 0.119 e. The maximum atomic E-state index is 5.70. The Morgan fingerprint density at radius 2 is 2.05 bits per heavy atom. The summed E-state index contributed by atoms with van der Waals surface area (Å²) in [6, 6.07) is 9.79. The van der Waals surface area contributed by atoms with E-state index >= 15 is 0 Å². The number of aromatic nitrogens is 1. The number of hydrazine groups is 1. The van der Waals surface area contributed by atoms with Crippen LogP contribution in [-0.4, -0.2) is 12.1 Å². The van der Waals surface area contributed by atoms with Crippen molar-refractivity contribution >= 4 is 0 Å². The minimum atomic E-state index is -0.143. The Morgan fingerprint density at radius 3 is 2.68 bits per heavy atom. The molecule has 2 rings (SSSR count). The summed E-state index contributed by atoms with van der Waals surface area (Å²) in [5, 5.41) is 0. The van der Waals surface area contributed by atoms with Gasteiger partial charge in [0.2, 0.25) is 0 Å². The van der Waals surface area contributed by atoms with Gasteiger partial charge in [-0.2, -0.15) is 0 Å². The Bertz CT molecular complexity index is 569. The summed E-state index contributed by atoms with van der Waals surface area (Å²) >= 11 is 0. The van der Waals surface area contributed by atoms with E-state index < -0.39 is 0 Å². The van der Waals surface area contributed by atoms with Crippen molar-refractivity contribution in [2.75, 3.05) is 7.11 Å². The van der Waals surface area contributed by atoms with E-state index in [0.29, 0.717) is 0 Å². The molecule has 0 saturated heterocycles. The highest BCUT2D eigenvalue weighted by molar-refractivity contribution is 5.37. The first-order chi connectivity index (χ1) is 9.15. The standard InChI is InChI=1S/C15H19N3O/c1-10-7-11(2)14(17-9-10)15(18-16)12-5-4-6-13(8-12)19-3/h4-9,15,18H,16H2,1-3H3. The highest BCUT2D eigenvalue weighted by Crippen LogP contribution is 2.25. The predicted molar refractivity (Wildman–Crippen MR) is 75.9 cm³/mol. The second kappa shape index (κ2) is 5.82. The Hall–Kier alpha value is -1.91. The molecule has 3 N–H and O–H groups in total. The van der Waals surface area contributed by atoms with E-state index in [9.17, 15) is 0 Å². The molecule has 1 atom stereocenters. The van der Waals surface area contributed by atoms with Crippen molar-refractivity contribution in [2.24, 2.45) is 5.84 Å². The monoisotopic (exact) mass is 257 g/mol. The third-order valence-electron chi connectivity index (χ3n) is 3.12. The highest BCUT2D eigenvalue weighted by atomic mass is 16.5. The van der Waals surface area contributed by atoms with Gasteiger partial charge in [-0.3, -0.25) is 10.8 Å². The molecule has 0 radical (unpaired) electrons. The lowest BCUT2D eigenvalue weighted by atomic mass is 9.99. The zero-order valence-corrected chi connectivity index (χ0v) is 11.5. The molecule has 0 saturated carbocycles. The van der Waals surface area contributed by atoms with Gasteiger partial charge in [-0.25, -0.2) is 5.43 Å². The van der Waals surface area contributed by atoms with Crippen LogP contribution in [0.2, 0.25) is 0 Å². The fourth-order valence-corrected chi connectivity index (χ4v) is 2.18. The SMILES string of the molecule is COc1cccc(C(NN)c2ncc(C)cc2C)c1. The van der Waals surface area contributed by atoms with Gasteiger partial charge in [-0.15, -0.1) is 0 Å². The summed E-state index contributed by atoms with van der Waals surface area (Å²) < 4.78 is 5.25. The number of pyridine rings is 1. The van der Waals surface area contributed by atoms with Crippen LogP contribution in [0.1, 0.15) is 28.4 Å². The Kier molecular flexibility index (Phi) is 4.14. The van der Waals surface area contributed by atoms with Gasteiger partial charge < -0.3 is 4.74 Å². The Morgan fingerprint density at radius 1 is 1.26 bits per heavy atom. The summed E-state index contributed by atoms with van der Waals surface area (Å²) in [5.41, 5.74) is 7.05. The molecule has 0 bridgehead atoms. The van der Waals surface area contributed by atoms with Crippen LogP contribution in [0.5, 0.6) is 5.75 Å². The van der Waals surface area contributed by atoms with Gasteiger partial charge in [0, 0.05) is 6.20 Å². The molecular weight excluding hydrogens is 238 g/mol. The summed E-state index contributed by atoms with van der Waals surface area (Å²) in [5.74, 6) is 6.51. The molecule has 1 unspecified atom stereocenters. The van der Waals surface area contributed by atoms with E-state index in [1.807, 2.05) is 44.3 Å². The van der Waals surface area contributed by atoms with E-state index in [1.54, 1.807) is 7.11 Å². The van der Waals surface area contributed by atoms with Crippen molar-refractivity contribution in [1.29, 1.82) is 0 Å². The van der Waals surface area contributed by atoms with Gasteiger partial charge in [0.15, 0.2) is 0 Å². The van der Waals surface area contributed by atoms with Crippen LogP contribution in [0.15, 0.2) is 36.5 Å². The molecule has 1 aromatic carbocycles. The number of rotatable bonds is 4. The first-order valence-corrected chi connectivity index (χ1v) is 6.19. The highest BCUT2D eigenvalue weighted by Gasteiger charge is 2.16. The first kappa shape index (κ1) is 13.5. The van der Waals surface area contributed by atoms with Crippen molar-refractivity contribution in [3.8, 4) is 5.75 Å². The fourth-order valence-electron chi connectivity index (χ4n) is 2.18. The summed E-state index contributed by atoms with van der Waals surface area (Å²) in [6.45, 7) is 4.07. The summed E-state index contributed by atoms with van der Waals surface area (Å²) in [6.07, 6.45) is 1.85. The molecule has 0 fully saturated rings. The lowest BCUT2D eigenvalue weighted by Crippen LogP contribution is -2.30. The van der Waals surface area contributed by atoms with Crippen LogP contribution < -0.4 is 16.0 Å². The molecule has 0 aliphatic carbocycles.